The summed E-state index contributed by atoms with van der Waals surface area (Å²) < 4.78 is 0. The first kappa shape index (κ1) is 55.7. The van der Waals surface area contributed by atoms with Gasteiger partial charge in [0.25, 0.3) is 0 Å². The summed E-state index contributed by atoms with van der Waals surface area (Å²) in [6, 6.07) is 6.28. The second kappa shape index (κ2) is 27.4. The molecule has 9 amide bonds. The van der Waals surface area contributed by atoms with Crippen molar-refractivity contribution in [3.63, 3.8) is 0 Å². The average molecular weight is 1010 g/mol. The lowest BCUT2D eigenvalue weighted by Gasteiger charge is -2.31. The number of nitrogens with two attached hydrogens (primary N) is 3. The summed E-state index contributed by atoms with van der Waals surface area (Å²) in [7, 11) is 0. The molecule has 7 atom stereocenters. The number of carbonyl (C=O) groups excluding carboxylic acids is 9. The van der Waals surface area contributed by atoms with Gasteiger partial charge in [0.1, 0.15) is 42.3 Å². The standard InChI is InChI=1S/C48H68N16O9/c1-27(65)58-33(17-9-21-55-47(50)51)41(68)62-36-25-38(66)54-20-8-7-16-32(40(49)67)59-43(70)35(24-29-26-57-31-15-6-5-14-30(29)31)61-42(69)34(18-10-22-56-48(52)53)60-45(72)39(28-12-3-2-4-13-28)63-44(71)37-19-11-23-64(37)46(36)73/h2-6,12-15,26,32-37,39,57H,7-11,16-25H2,1H3,(H2,49,67)(H,54,66)(H,58,65)(H,59,70)(H,60,72)(H,61,69)(H,62,68)(H,63,71)(H4,50,51,55)(H4,52,53,56)/t32-,33-,34-,35-,36-,37+,39?/m0/s1. The summed E-state index contributed by atoms with van der Waals surface area (Å²) in [5, 5.41) is 40.0. The monoisotopic (exact) mass is 1010 g/mol. The highest BCUT2D eigenvalue weighted by molar-refractivity contribution is 5.99. The number of aromatic amines is 1. The fourth-order valence-electron chi connectivity index (χ4n) is 8.78. The van der Waals surface area contributed by atoms with E-state index in [1.807, 2.05) is 24.3 Å². The largest absolute Gasteiger partial charge is 0.370 e. The molecule has 73 heavy (non-hydrogen) atoms. The molecule has 0 radical (unpaired) electrons. The number of amides is 9. The van der Waals surface area contributed by atoms with Crippen LogP contribution in [-0.4, -0.2) is 137 Å². The van der Waals surface area contributed by atoms with Crippen molar-refractivity contribution in [1.82, 2.24) is 57.7 Å². The van der Waals surface area contributed by atoms with Crippen LogP contribution in [0.5, 0.6) is 0 Å². The van der Waals surface area contributed by atoms with Crippen LogP contribution >= 0.6 is 0 Å². The number of fused-ring (bicyclic) bond motifs is 2. The van der Waals surface area contributed by atoms with Gasteiger partial charge in [-0.25, -0.2) is 0 Å². The Morgan fingerprint density at radius 1 is 0.767 bits per heavy atom. The molecule has 5 rings (SSSR count). The average Bonchev–Trinajstić information content (AvgIpc) is 4.01. The molecule has 0 aliphatic carbocycles. The number of aromatic nitrogens is 1. The molecule has 2 aliphatic rings. The second-order valence-corrected chi connectivity index (χ2v) is 18.0. The number of guanidine groups is 2. The Bertz CT molecular complexity index is 2490. The van der Waals surface area contributed by atoms with Crippen LogP contribution in [0.25, 0.3) is 10.9 Å². The van der Waals surface area contributed by atoms with Gasteiger partial charge < -0.3 is 74.9 Å². The number of hydrogen-bond acceptors (Lipinski definition) is 11. The van der Waals surface area contributed by atoms with Crippen molar-refractivity contribution in [2.24, 2.45) is 17.2 Å². The highest BCUT2D eigenvalue weighted by Gasteiger charge is 2.41. The number of hydrogen-bond donors (Lipinski definition) is 15. The third-order valence-corrected chi connectivity index (χ3v) is 12.5. The van der Waals surface area contributed by atoms with Crippen molar-refractivity contribution in [2.45, 2.75) is 120 Å². The van der Waals surface area contributed by atoms with Gasteiger partial charge in [-0.3, -0.25) is 54.0 Å². The maximum Gasteiger partial charge on any atom is 0.247 e. The topological polar surface area (TPSA) is 407 Å². The van der Waals surface area contributed by atoms with E-state index in [2.05, 4.69) is 52.8 Å². The number of rotatable bonds is 15. The quantitative estimate of drug-likeness (QED) is 0.0434. The van der Waals surface area contributed by atoms with Crippen LogP contribution in [0.2, 0.25) is 0 Å². The maximum absolute atomic E-state index is 14.6. The zero-order valence-electron chi connectivity index (χ0n) is 40.8. The zero-order chi connectivity index (χ0) is 53.0. The van der Waals surface area contributed by atoms with E-state index in [-0.39, 0.29) is 95.9 Å². The van der Waals surface area contributed by atoms with Crippen LogP contribution in [0.3, 0.4) is 0 Å². The van der Waals surface area contributed by atoms with Gasteiger partial charge in [-0.05, 0) is 75.0 Å². The molecule has 0 saturated carbocycles. The van der Waals surface area contributed by atoms with Crippen molar-refractivity contribution in [1.29, 1.82) is 10.8 Å². The van der Waals surface area contributed by atoms with Gasteiger partial charge in [-0.15, -0.1) is 0 Å². The number of nitrogens with one attached hydrogen (secondary N) is 12. The Kier molecular flexibility index (Phi) is 20.9. The highest BCUT2D eigenvalue weighted by Crippen LogP contribution is 2.23. The molecule has 25 nitrogen and oxygen atoms in total. The van der Waals surface area contributed by atoms with E-state index in [0.29, 0.717) is 17.5 Å². The summed E-state index contributed by atoms with van der Waals surface area (Å²) >= 11 is 0. The minimum absolute atomic E-state index is 0.0361. The third kappa shape index (κ3) is 17.0. The smallest absolute Gasteiger partial charge is 0.247 e. The first-order valence-electron chi connectivity index (χ1n) is 24.3. The summed E-state index contributed by atoms with van der Waals surface area (Å²) in [6.07, 6.45) is 2.62. The lowest BCUT2D eigenvalue weighted by atomic mass is 10.0. The molecule has 3 aromatic rings. The van der Waals surface area contributed by atoms with E-state index in [4.69, 9.17) is 28.0 Å². The van der Waals surface area contributed by atoms with Crippen molar-refractivity contribution in [2.75, 3.05) is 26.2 Å². The van der Waals surface area contributed by atoms with Crippen LogP contribution in [0.4, 0.5) is 0 Å². The number of benzene rings is 2. The minimum atomic E-state index is -1.54. The van der Waals surface area contributed by atoms with Gasteiger partial charge in [0.2, 0.25) is 53.2 Å². The lowest BCUT2D eigenvalue weighted by Crippen LogP contribution is -2.59. The van der Waals surface area contributed by atoms with Crippen molar-refractivity contribution < 1.29 is 43.2 Å². The normalized spacial score (nSPS) is 22.2. The number of primary amides is 1. The van der Waals surface area contributed by atoms with Crippen molar-refractivity contribution in [3.05, 3.63) is 71.9 Å². The fraction of sp³-hybridized carbons (Fsp3) is 0.479. The van der Waals surface area contributed by atoms with Gasteiger partial charge in [0.05, 0.1) is 6.42 Å². The lowest BCUT2D eigenvalue weighted by molar-refractivity contribution is -0.143. The van der Waals surface area contributed by atoms with Gasteiger partial charge in [-0.1, -0.05) is 48.5 Å². The molecule has 0 bridgehead atoms. The second-order valence-electron chi connectivity index (χ2n) is 18.0. The molecule has 2 aliphatic heterocycles. The predicted octanol–water partition coefficient (Wildman–Crippen LogP) is -2.30. The molecule has 2 saturated heterocycles. The molecule has 1 unspecified atom stereocenters. The van der Waals surface area contributed by atoms with Crippen LogP contribution < -0.4 is 65.1 Å². The molecule has 3 heterocycles. The number of nitrogens with zero attached hydrogens (tertiary/aromatic N) is 1. The van der Waals surface area contributed by atoms with Crippen molar-refractivity contribution in [3.8, 4) is 0 Å². The first-order valence-corrected chi connectivity index (χ1v) is 24.3. The molecule has 394 valence electrons. The van der Waals surface area contributed by atoms with Crippen LogP contribution in [-0.2, 0) is 49.6 Å². The Hall–Kier alpha value is -8.25. The van der Waals surface area contributed by atoms with Gasteiger partial charge in [-0.2, -0.15) is 0 Å². The van der Waals surface area contributed by atoms with Crippen molar-refractivity contribution >= 4 is 76.0 Å². The van der Waals surface area contributed by atoms with Crippen LogP contribution in [0.1, 0.15) is 88.3 Å². The molecule has 2 fully saturated rings. The van der Waals surface area contributed by atoms with E-state index in [9.17, 15) is 43.2 Å². The van der Waals surface area contributed by atoms with Gasteiger partial charge in [0.15, 0.2) is 11.9 Å². The number of H-pyrrole nitrogens is 1. The van der Waals surface area contributed by atoms with Gasteiger partial charge in [0, 0.05) is 56.6 Å². The Labute approximate surface area is 421 Å². The van der Waals surface area contributed by atoms with Crippen LogP contribution in [0.15, 0.2) is 60.8 Å². The molecular weight excluding hydrogens is 945 g/mol. The summed E-state index contributed by atoms with van der Waals surface area (Å²) in [5.74, 6) is -7.35. The Balaban J connectivity index is 1.50. The molecule has 0 spiro atoms. The molecule has 2 aromatic carbocycles. The Morgan fingerprint density at radius 2 is 1.44 bits per heavy atom. The predicted molar refractivity (Wildman–Crippen MR) is 268 cm³/mol. The molecule has 18 N–H and O–H groups in total. The third-order valence-electron chi connectivity index (χ3n) is 12.5. The van der Waals surface area contributed by atoms with E-state index in [1.54, 1.807) is 36.5 Å². The van der Waals surface area contributed by atoms with E-state index in [0.717, 1.165) is 10.9 Å². The summed E-state index contributed by atoms with van der Waals surface area (Å²) in [4.78, 5) is 129. The highest BCUT2D eigenvalue weighted by atomic mass is 16.2. The number of carbonyl (C=O) groups is 9. The first-order chi connectivity index (χ1) is 34.9. The van der Waals surface area contributed by atoms with E-state index >= 15 is 0 Å². The SMILES string of the molecule is CC(=O)N[C@@H](CCCNC(=N)N)C(=O)N[C@H]1CC(=O)NCCCC[C@@H](C(N)=O)NC(=O)[C@H](Cc2c[nH]c3ccccc23)NC(=O)[C@H](CCCNC(=N)N)NC(=O)C(c2ccccc2)NC(=O)[C@H]2CCCN2C1=O. The van der Waals surface area contributed by atoms with E-state index < -0.39 is 102 Å². The molecular formula is C48H68N16O9. The molecule has 1 aromatic heterocycles. The Morgan fingerprint density at radius 3 is 2.14 bits per heavy atom. The van der Waals surface area contributed by atoms with Crippen LogP contribution in [0, 0.1) is 10.8 Å². The zero-order valence-corrected chi connectivity index (χ0v) is 40.8. The number of para-hydroxylation sites is 1. The molecule has 25 heteroatoms. The summed E-state index contributed by atoms with van der Waals surface area (Å²) in [6.45, 7) is 1.63. The summed E-state index contributed by atoms with van der Waals surface area (Å²) in [5.41, 5.74) is 18.4. The van der Waals surface area contributed by atoms with E-state index in [1.165, 1.54) is 11.8 Å². The van der Waals surface area contributed by atoms with Gasteiger partial charge >= 0.3 is 0 Å². The maximum atomic E-state index is 14.6. The fourth-order valence-corrected chi connectivity index (χ4v) is 8.78. The minimum Gasteiger partial charge on any atom is -0.370 e.